The van der Waals surface area contributed by atoms with Gasteiger partial charge in [0.15, 0.2) is 5.78 Å². The van der Waals surface area contributed by atoms with Crippen LogP contribution in [0.5, 0.6) is 0 Å². The quantitative estimate of drug-likeness (QED) is 0.477. The lowest BCUT2D eigenvalue weighted by molar-refractivity contribution is -0.140. The number of hydrogen-bond acceptors (Lipinski definition) is 5. The van der Waals surface area contributed by atoms with Gasteiger partial charge in [-0.3, -0.25) is 19.1 Å². The van der Waals surface area contributed by atoms with Gasteiger partial charge in [-0.1, -0.05) is 18.2 Å². The Hall–Kier alpha value is -4.08. The van der Waals surface area contributed by atoms with Crippen molar-refractivity contribution >= 4 is 34.5 Å². The summed E-state index contributed by atoms with van der Waals surface area (Å²) < 4.78 is 15.5. The number of Topliss-reactive ketones (excluding diaryl/α,β-unsaturated/α-hetero) is 1. The summed E-state index contributed by atoms with van der Waals surface area (Å²) in [6.45, 7) is 1.14. The molecule has 2 N–H and O–H groups in total. The number of rotatable bonds is 7. The zero-order valence-corrected chi connectivity index (χ0v) is 20.1. The fourth-order valence-corrected chi connectivity index (χ4v) is 5.70. The Morgan fingerprint density at radius 1 is 1.11 bits per heavy atom. The van der Waals surface area contributed by atoms with Crippen LogP contribution in [0.1, 0.15) is 58.5 Å². The van der Waals surface area contributed by atoms with Crippen LogP contribution in [0.25, 0.3) is 10.9 Å². The number of halogens is 1. The maximum Gasteiger partial charge on any atom is 0.335 e. The Morgan fingerprint density at radius 2 is 1.89 bits per heavy atom. The number of nitrogens with one attached hydrogen (secondary N) is 1. The van der Waals surface area contributed by atoms with Crippen molar-refractivity contribution in [3.05, 3.63) is 65.1 Å². The minimum Gasteiger partial charge on any atom is -0.478 e. The number of likely N-dealkylation sites (tertiary alicyclic amines) is 1. The first kappa shape index (κ1) is 23.3. The third-order valence-corrected chi connectivity index (χ3v) is 7.73. The number of fused-ring (bicyclic) bond motifs is 2. The van der Waals surface area contributed by atoms with Crippen LogP contribution >= 0.6 is 0 Å². The molecular weight excluding hydrogens is 479 g/mol. The molecule has 9 nitrogen and oxygen atoms in total. The first-order chi connectivity index (χ1) is 17.7. The van der Waals surface area contributed by atoms with Gasteiger partial charge in [0, 0.05) is 30.3 Å². The fraction of sp³-hybridized carbons (Fsp3) is 0.370. The summed E-state index contributed by atoms with van der Waals surface area (Å²) in [5, 5.41) is 17.2. The minimum atomic E-state index is -1.13. The van der Waals surface area contributed by atoms with Crippen LogP contribution in [-0.4, -0.2) is 61.5 Å². The van der Waals surface area contributed by atoms with E-state index in [-0.39, 0.29) is 65.1 Å². The zero-order chi connectivity index (χ0) is 26.0. The molecule has 0 unspecified atom stereocenters. The highest BCUT2D eigenvalue weighted by Crippen LogP contribution is 2.49. The lowest BCUT2D eigenvalue weighted by Gasteiger charge is -2.27. The van der Waals surface area contributed by atoms with Crippen molar-refractivity contribution in [1.29, 1.82) is 0 Å². The molecule has 10 heteroatoms. The van der Waals surface area contributed by atoms with Crippen molar-refractivity contribution in [2.75, 3.05) is 0 Å². The molecule has 3 aliphatic rings. The van der Waals surface area contributed by atoms with Gasteiger partial charge in [-0.15, -0.1) is 0 Å². The molecule has 0 radical (unpaired) electrons. The van der Waals surface area contributed by atoms with E-state index >= 15 is 0 Å². The molecule has 6 rings (SSSR count). The standard InChI is InChI=1S/C27H25FN4O5/c1-13(33)25-17-7-6-14(27(36)37)8-22(17)31(30-25)12-24(34)32-21-9-15(21)10-23(32)26(35)29-20-11-18(20)16-4-2-3-5-19(16)28/h2-8,15,18,20-21,23H,9-12H2,1H3,(H,29,35)(H,36,37)/t15-,18+,20-,21-,23+/m1/s1. The molecule has 2 heterocycles. The van der Waals surface area contributed by atoms with Crippen molar-refractivity contribution in [1.82, 2.24) is 20.0 Å². The Labute approximate surface area is 211 Å². The normalized spacial score (nSPS) is 25.6. The van der Waals surface area contributed by atoms with Crippen LogP contribution in [-0.2, 0) is 16.1 Å². The summed E-state index contributed by atoms with van der Waals surface area (Å²) in [4.78, 5) is 51.9. The predicted octanol–water partition coefficient (Wildman–Crippen LogP) is 2.74. The summed E-state index contributed by atoms with van der Waals surface area (Å²) >= 11 is 0. The summed E-state index contributed by atoms with van der Waals surface area (Å²) in [6, 6.07) is 10.1. The molecule has 3 aromatic rings. The van der Waals surface area contributed by atoms with Crippen molar-refractivity contribution < 1.29 is 28.7 Å². The number of amides is 2. The van der Waals surface area contributed by atoms with E-state index in [1.807, 2.05) is 0 Å². The lowest BCUT2D eigenvalue weighted by Crippen LogP contribution is -2.49. The Bertz CT molecular complexity index is 1480. The SMILES string of the molecule is CC(=O)c1nn(CC(=O)N2[C@@H]3C[C@@H]3C[C@H]2C(=O)N[C@@H]2C[C@H]2c2ccccc2F)c2cc(C(=O)O)ccc12. The van der Waals surface area contributed by atoms with E-state index in [0.717, 1.165) is 6.42 Å². The Morgan fingerprint density at radius 3 is 2.62 bits per heavy atom. The van der Waals surface area contributed by atoms with E-state index in [1.165, 1.54) is 35.9 Å². The summed E-state index contributed by atoms with van der Waals surface area (Å²) in [5.74, 6) is -2.08. The number of carbonyl (C=O) groups is 4. The second-order valence-electron chi connectivity index (χ2n) is 10.2. The third kappa shape index (κ3) is 4.06. The molecule has 190 valence electrons. The zero-order valence-electron chi connectivity index (χ0n) is 20.1. The first-order valence-corrected chi connectivity index (χ1v) is 12.3. The van der Waals surface area contributed by atoms with Gasteiger partial charge in [0.05, 0.1) is 11.1 Å². The highest BCUT2D eigenvalue weighted by molar-refractivity contribution is 6.06. The van der Waals surface area contributed by atoms with Crippen LogP contribution in [0.2, 0.25) is 0 Å². The molecule has 0 bridgehead atoms. The molecule has 2 aliphatic carbocycles. The van der Waals surface area contributed by atoms with Crippen LogP contribution in [0.15, 0.2) is 42.5 Å². The molecule has 0 spiro atoms. The van der Waals surface area contributed by atoms with Gasteiger partial charge >= 0.3 is 5.97 Å². The summed E-state index contributed by atoms with van der Waals surface area (Å²) in [7, 11) is 0. The number of aromatic carboxylic acids is 1. The van der Waals surface area contributed by atoms with E-state index in [9.17, 15) is 28.7 Å². The highest BCUT2D eigenvalue weighted by atomic mass is 19.1. The Kier molecular flexibility index (Phi) is 5.36. The maximum absolute atomic E-state index is 14.1. The first-order valence-electron chi connectivity index (χ1n) is 12.3. The largest absolute Gasteiger partial charge is 0.478 e. The number of benzene rings is 2. The van der Waals surface area contributed by atoms with Crippen LogP contribution < -0.4 is 5.32 Å². The van der Waals surface area contributed by atoms with Crippen molar-refractivity contribution in [3.8, 4) is 0 Å². The van der Waals surface area contributed by atoms with E-state index in [0.29, 0.717) is 29.3 Å². The molecule has 2 saturated carbocycles. The van der Waals surface area contributed by atoms with Crippen molar-refractivity contribution in [2.45, 2.75) is 56.8 Å². The number of ketones is 1. The Balaban J connectivity index is 1.20. The van der Waals surface area contributed by atoms with Crippen LogP contribution in [0.3, 0.4) is 0 Å². The van der Waals surface area contributed by atoms with Crippen molar-refractivity contribution in [3.63, 3.8) is 0 Å². The average Bonchev–Trinajstić information content (AvgIpc) is 3.74. The van der Waals surface area contributed by atoms with Gasteiger partial charge in [0.2, 0.25) is 11.8 Å². The summed E-state index contributed by atoms with van der Waals surface area (Å²) in [6.07, 6.45) is 2.05. The smallest absolute Gasteiger partial charge is 0.335 e. The number of piperidine rings is 1. The van der Waals surface area contributed by atoms with Gasteiger partial charge in [-0.2, -0.15) is 5.10 Å². The number of carboxylic acids is 1. The average molecular weight is 505 g/mol. The number of carbonyl (C=O) groups excluding carboxylic acids is 3. The van der Waals surface area contributed by atoms with Gasteiger partial charge in [0.25, 0.3) is 0 Å². The topological polar surface area (TPSA) is 122 Å². The molecular formula is C27H25FN4O5. The van der Waals surface area contributed by atoms with E-state index in [4.69, 9.17) is 0 Å². The molecule has 3 fully saturated rings. The molecule has 1 saturated heterocycles. The minimum absolute atomic E-state index is 0.0192. The molecule has 5 atom stereocenters. The van der Waals surface area contributed by atoms with Crippen molar-refractivity contribution in [2.24, 2.45) is 5.92 Å². The van der Waals surface area contributed by atoms with Gasteiger partial charge in [-0.05, 0) is 55.0 Å². The maximum atomic E-state index is 14.1. The van der Waals surface area contributed by atoms with Gasteiger partial charge in [0.1, 0.15) is 24.1 Å². The van der Waals surface area contributed by atoms with Gasteiger partial charge < -0.3 is 15.3 Å². The van der Waals surface area contributed by atoms with Gasteiger partial charge in [-0.25, -0.2) is 9.18 Å². The number of nitrogens with zero attached hydrogens (tertiary/aromatic N) is 3. The van der Waals surface area contributed by atoms with Crippen LogP contribution in [0, 0.1) is 11.7 Å². The fourth-order valence-electron chi connectivity index (χ4n) is 5.70. The molecule has 1 aliphatic heterocycles. The van der Waals surface area contributed by atoms with E-state index in [1.54, 1.807) is 23.1 Å². The lowest BCUT2D eigenvalue weighted by atomic mass is 10.1. The summed E-state index contributed by atoms with van der Waals surface area (Å²) in [5.41, 5.74) is 1.14. The second kappa shape index (κ2) is 8.50. The highest BCUT2D eigenvalue weighted by Gasteiger charge is 2.56. The second-order valence-corrected chi connectivity index (χ2v) is 10.2. The monoisotopic (exact) mass is 504 g/mol. The van der Waals surface area contributed by atoms with E-state index < -0.39 is 12.0 Å². The predicted molar refractivity (Wildman–Crippen MR) is 130 cm³/mol. The number of hydrogen-bond donors (Lipinski definition) is 2. The number of carboxylic acid groups (broad SMARTS) is 1. The molecule has 2 aromatic carbocycles. The molecule has 2 amide bonds. The number of aromatic nitrogens is 2. The van der Waals surface area contributed by atoms with Crippen LogP contribution in [0.4, 0.5) is 4.39 Å². The molecule has 1 aromatic heterocycles. The van der Waals surface area contributed by atoms with E-state index in [2.05, 4.69) is 10.4 Å². The third-order valence-electron chi connectivity index (χ3n) is 7.73. The molecule has 37 heavy (non-hydrogen) atoms.